The lowest BCUT2D eigenvalue weighted by Crippen LogP contribution is -2.50. The van der Waals surface area contributed by atoms with Gasteiger partial charge in [-0.2, -0.15) is 5.06 Å². The van der Waals surface area contributed by atoms with Gasteiger partial charge in [0.15, 0.2) is 0 Å². The van der Waals surface area contributed by atoms with Gasteiger partial charge in [0.1, 0.15) is 6.23 Å². The summed E-state index contributed by atoms with van der Waals surface area (Å²) in [6.07, 6.45) is -0.381. The molecule has 0 amide bonds. The Bertz CT molecular complexity index is 110. The standard InChI is InChI=1S/C6H14N2O2/c1-7-3-4-8(10-2)5-6(7)9/h6,9H,3-5H2,1-2H3. The number of hydrogen-bond acceptors (Lipinski definition) is 4. The number of β-amino-alcohol motifs (C(OH)–C–C–N with tert-alkyl or cyclic N) is 1. The maximum atomic E-state index is 9.28. The second kappa shape index (κ2) is 3.30. The second-order valence-electron chi connectivity index (χ2n) is 2.53. The zero-order chi connectivity index (χ0) is 7.56. The van der Waals surface area contributed by atoms with Crippen molar-refractivity contribution in [2.24, 2.45) is 0 Å². The highest BCUT2D eigenvalue weighted by Gasteiger charge is 2.21. The molecule has 1 aliphatic rings. The molecule has 0 saturated carbocycles. The van der Waals surface area contributed by atoms with E-state index in [4.69, 9.17) is 4.84 Å². The van der Waals surface area contributed by atoms with Gasteiger partial charge in [0.25, 0.3) is 0 Å². The first kappa shape index (κ1) is 7.94. The Kier molecular flexibility index (Phi) is 2.62. The SMILES string of the molecule is CON1CCN(C)C(O)C1. The van der Waals surface area contributed by atoms with Crippen LogP contribution in [0.1, 0.15) is 0 Å². The fourth-order valence-electron chi connectivity index (χ4n) is 0.997. The van der Waals surface area contributed by atoms with Crippen LogP contribution in [0, 0.1) is 0 Å². The van der Waals surface area contributed by atoms with Crippen molar-refractivity contribution in [1.82, 2.24) is 9.96 Å². The fraction of sp³-hybridized carbons (Fsp3) is 1.00. The predicted octanol–water partition coefficient (Wildman–Crippen LogP) is -0.886. The first-order valence-electron chi connectivity index (χ1n) is 3.41. The Morgan fingerprint density at radius 3 is 2.70 bits per heavy atom. The predicted molar refractivity (Wildman–Crippen MR) is 37.2 cm³/mol. The van der Waals surface area contributed by atoms with Gasteiger partial charge in [-0.3, -0.25) is 4.90 Å². The molecule has 1 heterocycles. The highest BCUT2D eigenvalue weighted by molar-refractivity contribution is 4.66. The molecule has 1 atom stereocenters. The highest BCUT2D eigenvalue weighted by Crippen LogP contribution is 2.03. The molecule has 0 spiro atoms. The van der Waals surface area contributed by atoms with Crippen molar-refractivity contribution in [2.45, 2.75) is 6.23 Å². The number of piperazine rings is 1. The number of aliphatic hydroxyl groups excluding tert-OH is 1. The van der Waals surface area contributed by atoms with Crippen LogP contribution in [-0.4, -0.2) is 55.1 Å². The molecule has 0 aromatic rings. The van der Waals surface area contributed by atoms with Gasteiger partial charge in [-0.25, -0.2) is 0 Å². The van der Waals surface area contributed by atoms with E-state index >= 15 is 0 Å². The molecule has 1 rings (SSSR count). The van der Waals surface area contributed by atoms with E-state index in [9.17, 15) is 5.11 Å². The van der Waals surface area contributed by atoms with Gasteiger partial charge in [-0.05, 0) is 7.05 Å². The third kappa shape index (κ3) is 1.67. The maximum absolute atomic E-state index is 9.28. The van der Waals surface area contributed by atoms with Crippen molar-refractivity contribution in [3.05, 3.63) is 0 Å². The first-order chi connectivity index (χ1) is 4.74. The topological polar surface area (TPSA) is 35.9 Å². The summed E-state index contributed by atoms with van der Waals surface area (Å²) in [5.41, 5.74) is 0. The van der Waals surface area contributed by atoms with Crippen LogP contribution < -0.4 is 0 Å². The van der Waals surface area contributed by atoms with Crippen molar-refractivity contribution in [1.29, 1.82) is 0 Å². The van der Waals surface area contributed by atoms with Crippen LogP contribution in [0.5, 0.6) is 0 Å². The van der Waals surface area contributed by atoms with Crippen LogP contribution in [0.25, 0.3) is 0 Å². The van der Waals surface area contributed by atoms with Crippen molar-refractivity contribution in [3.63, 3.8) is 0 Å². The third-order valence-electron chi connectivity index (χ3n) is 1.84. The van der Waals surface area contributed by atoms with Crippen molar-refractivity contribution >= 4 is 0 Å². The van der Waals surface area contributed by atoms with Gasteiger partial charge in [-0.15, -0.1) is 0 Å². The minimum Gasteiger partial charge on any atom is -0.377 e. The summed E-state index contributed by atoms with van der Waals surface area (Å²) in [4.78, 5) is 6.85. The number of aliphatic hydroxyl groups is 1. The van der Waals surface area contributed by atoms with Crippen LogP contribution in [0.15, 0.2) is 0 Å². The average Bonchev–Trinajstić information content (AvgIpc) is 1.95. The molecule has 0 aliphatic carbocycles. The average molecular weight is 146 g/mol. The lowest BCUT2D eigenvalue weighted by molar-refractivity contribution is -0.192. The van der Waals surface area contributed by atoms with E-state index in [1.165, 1.54) is 0 Å². The highest BCUT2D eigenvalue weighted by atomic mass is 16.7. The molecule has 10 heavy (non-hydrogen) atoms. The summed E-state index contributed by atoms with van der Waals surface area (Å²) in [6, 6.07) is 0. The number of hydroxylamine groups is 2. The van der Waals surface area contributed by atoms with Crippen molar-refractivity contribution in [2.75, 3.05) is 33.8 Å². The molecular weight excluding hydrogens is 132 g/mol. The van der Waals surface area contributed by atoms with Crippen LogP contribution >= 0.6 is 0 Å². The first-order valence-corrected chi connectivity index (χ1v) is 3.41. The fourth-order valence-corrected chi connectivity index (χ4v) is 0.997. The molecule has 0 aromatic heterocycles. The smallest absolute Gasteiger partial charge is 0.122 e. The molecule has 1 fully saturated rings. The molecule has 1 N–H and O–H groups in total. The number of hydrogen-bond donors (Lipinski definition) is 1. The van der Waals surface area contributed by atoms with Crippen LogP contribution in [0.2, 0.25) is 0 Å². The van der Waals surface area contributed by atoms with E-state index < -0.39 is 0 Å². The summed E-state index contributed by atoms with van der Waals surface area (Å²) >= 11 is 0. The van der Waals surface area contributed by atoms with Crippen molar-refractivity contribution in [3.8, 4) is 0 Å². The van der Waals surface area contributed by atoms with Gasteiger partial charge in [-0.1, -0.05) is 0 Å². The Hall–Kier alpha value is -0.160. The molecule has 0 aromatic carbocycles. The molecule has 0 bridgehead atoms. The Morgan fingerprint density at radius 1 is 1.50 bits per heavy atom. The normalized spacial score (nSPS) is 30.9. The Morgan fingerprint density at radius 2 is 2.20 bits per heavy atom. The molecule has 60 valence electrons. The largest absolute Gasteiger partial charge is 0.377 e. The summed E-state index contributed by atoms with van der Waals surface area (Å²) in [7, 11) is 3.52. The zero-order valence-corrected chi connectivity index (χ0v) is 6.45. The lowest BCUT2D eigenvalue weighted by Gasteiger charge is -2.34. The van der Waals surface area contributed by atoms with Gasteiger partial charge in [0.2, 0.25) is 0 Å². The van der Waals surface area contributed by atoms with E-state index in [-0.39, 0.29) is 6.23 Å². The Balaban J connectivity index is 2.33. The summed E-state index contributed by atoms with van der Waals surface area (Å²) in [5.74, 6) is 0. The quantitative estimate of drug-likeness (QED) is 0.521. The number of rotatable bonds is 1. The summed E-state index contributed by atoms with van der Waals surface area (Å²) in [6.45, 7) is 2.30. The van der Waals surface area contributed by atoms with E-state index in [0.29, 0.717) is 6.54 Å². The summed E-state index contributed by atoms with van der Waals surface area (Å²) in [5, 5.41) is 11.0. The van der Waals surface area contributed by atoms with E-state index in [0.717, 1.165) is 13.1 Å². The van der Waals surface area contributed by atoms with Gasteiger partial charge in [0.05, 0.1) is 13.7 Å². The summed E-state index contributed by atoms with van der Waals surface area (Å²) < 4.78 is 0. The van der Waals surface area contributed by atoms with Crippen LogP contribution in [-0.2, 0) is 4.84 Å². The third-order valence-corrected chi connectivity index (χ3v) is 1.84. The Labute approximate surface area is 60.9 Å². The minimum absolute atomic E-state index is 0.381. The number of nitrogens with zero attached hydrogens (tertiary/aromatic N) is 2. The minimum atomic E-state index is -0.381. The monoisotopic (exact) mass is 146 g/mol. The lowest BCUT2D eigenvalue weighted by atomic mass is 10.3. The molecule has 4 heteroatoms. The molecule has 1 saturated heterocycles. The van der Waals surface area contributed by atoms with Crippen LogP contribution in [0.4, 0.5) is 0 Å². The number of likely N-dealkylation sites (N-methyl/N-ethyl adjacent to an activating group) is 1. The molecule has 4 nitrogen and oxygen atoms in total. The van der Waals surface area contributed by atoms with Gasteiger partial charge >= 0.3 is 0 Å². The van der Waals surface area contributed by atoms with Gasteiger partial charge in [0, 0.05) is 13.1 Å². The second-order valence-corrected chi connectivity index (χ2v) is 2.53. The van der Waals surface area contributed by atoms with E-state index in [2.05, 4.69) is 0 Å². The van der Waals surface area contributed by atoms with E-state index in [1.807, 2.05) is 11.9 Å². The maximum Gasteiger partial charge on any atom is 0.122 e. The zero-order valence-electron chi connectivity index (χ0n) is 6.45. The molecule has 0 radical (unpaired) electrons. The van der Waals surface area contributed by atoms with Crippen LogP contribution in [0.3, 0.4) is 0 Å². The van der Waals surface area contributed by atoms with Crippen molar-refractivity contribution < 1.29 is 9.94 Å². The molecule has 1 aliphatic heterocycles. The van der Waals surface area contributed by atoms with E-state index in [1.54, 1.807) is 12.2 Å². The molecule has 1 unspecified atom stereocenters. The van der Waals surface area contributed by atoms with Gasteiger partial charge < -0.3 is 9.94 Å². The molecular formula is C6H14N2O2.